The summed E-state index contributed by atoms with van der Waals surface area (Å²) in [5, 5.41) is 13.3. The number of hydrogen-bond acceptors (Lipinski definition) is 7. The molecular formula is C24H21N7O2S. The highest BCUT2D eigenvalue weighted by molar-refractivity contribution is 7.89. The Labute approximate surface area is 196 Å². The van der Waals surface area contributed by atoms with Crippen LogP contribution in [-0.2, 0) is 16.6 Å². The molecule has 2 aromatic carbocycles. The summed E-state index contributed by atoms with van der Waals surface area (Å²) in [6.07, 6.45) is 4.52. The van der Waals surface area contributed by atoms with E-state index in [9.17, 15) is 8.42 Å². The molecule has 10 heteroatoms. The fraction of sp³-hybridized carbons (Fsp3) is 0.0417. The number of sulfonamides is 1. The average molecular weight is 472 g/mol. The molecule has 0 amide bonds. The second kappa shape index (κ2) is 8.58. The maximum Gasteiger partial charge on any atom is 0.239 e. The zero-order valence-electron chi connectivity index (χ0n) is 18.0. The summed E-state index contributed by atoms with van der Waals surface area (Å²) in [6.45, 7) is 0.438. The van der Waals surface area contributed by atoms with Crippen LogP contribution in [-0.4, -0.2) is 28.0 Å². The molecule has 0 aliphatic rings. The van der Waals surface area contributed by atoms with Crippen molar-refractivity contribution in [1.29, 1.82) is 0 Å². The lowest BCUT2D eigenvalue weighted by Crippen LogP contribution is -2.13. The van der Waals surface area contributed by atoms with Gasteiger partial charge in [0.25, 0.3) is 0 Å². The molecule has 0 atom stereocenters. The molecule has 0 fully saturated rings. The van der Waals surface area contributed by atoms with Gasteiger partial charge in [0.05, 0.1) is 0 Å². The van der Waals surface area contributed by atoms with Crippen molar-refractivity contribution in [3.63, 3.8) is 0 Å². The van der Waals surface area contributed by atoms with Gasteiger partial charge in [-0.2, -0.15) is 0 Å². The number of pyridine rings is 1. The van der Waals surface area contributed by atoms with Crippen LogP contribution in [0.4, 0.5) is 11.5 Å². The second-order valence-corrected chi connectivity index (χ2v) is 9.24. The van der Waals surface area contributed by atoms with Crippen LogP contribution in [0.15, 0.2) is 90.2 Å². The smallest absolute Gasteiger partial charge is 0.239 e. The lowest BCUT2D eigenvalue weighted by atomic mass is 10.1. The van der Waals surface area contributed by atoms with Gasteiger partial charge in [0.15, 0.2) is 11.6 Å². The quantitative estimate of drug-likeness (QED) is 0.323. The molecule has 3 heterocycles. The van der Waals surface area contributed by atoms with Gasteiger partial charge in [-0.3, -0.25) is 4.98 Å². The third kappa shape index (κ3) is 4.19. The van der Waals surface area contributed by atoms with Gasteiger partial charge in [0, 0.05) is 41.9 Å². The van der Waals surface area contributed by atoms with Crippen LogP contribution in [0.2, 0.25) is 0 Å². The number of fused-ring (bicyclic) bond motifs is 1. The molecule has 5 rings (SSSR count). The van der Waals surface area contributed by atoms with Crippen molar-refractivity contribution in [2.45, 2.75) is 11.4 Å². The number of nitrogens with two attached hydrogens (primary N) is 2. The number of aromatic nitrogens is 4. The van der Waals surface area contributed by atoms with E-state index in [-0.39, 0.29) is 4.90 Å². The van der Waals surface area contributed by atoms with E-state index in [0.29, 0.717) is 29.4 Å². The molecule has 0 unspecified atom stereocenters. The monoisotopic (exact) mass is 471 g/mol. The third-order valence-electron chi connectivity index (χ3n) is 5.40. The van der Waals surface area contributed by atoms with Gasteiger partial charge in [-0.05, 0) is 29.3 Å². The molecule has 34 heavy (non-hydrogen) atoms. The van der Waals surface area contributed by atoms with Crippen molar-refractivity contribution >= 4 is 27.0 Å². The highest BCUT2D eigenvalue weighted by atomic mass is 32.2. The van der Waals surface area contributed by atoms with Gasteiger partial charge >= 0.3 is 0 Å². The second-order valence-electron chi connectivity index (χ2n) is 7.68. The summed E-state index contributed by atoms with van der Waals surface area (Å²) in [4.78, 5) is 8.63. The van der Waals surface area contributed by atoms with Gasteiger partial charge in [-0.15, -0.1) is 5.10 Å². The van der Waals surface area contributed by atoms with Crippen LogP contribution >= 0.6 is 0 Å². The molecular weight excluding hydrogens is 450 g/mol. The van der Waals surface area contributed by atoms with Crippen LogP contribution in [0.3, 0.4) is 0 Å². The van der Waals surface area contributed by atoms with Crippen molar-refractivity contribution < 1.29 is 8.42 Å². The molecule has 5 aromatic rings. The fourth-order valence-electron chi connectivity index (χ4n) is 3.69. The Morgan fingerprint density at radius 3 is 2.47 bits per heavy atom. The van der Waals surface area contributed by atoms with Crippen molar-refractivity contribution in [1.82, 2.24) is 19.6 Å². The first kappa shape index (κ1) is 21.6. The Morgan fingerprint density at radius 2 is 1.71 bits per heavy atom. The van der Waals surface area contributed by atoms with Gasteiger partial charge in [0.2, 0.25) is 10.0 Å². The molecule has 0 saturated heterocycles. The van der Waals surface area contributed by atoms with E-state index < -0.39 is 10.0 Å². The van der Waals surface area contributed by atoms with Gasteiger partial charge < -0.3 is 11.1 Å². The first-order valence-electron chi connectivity index (χ1n) is 10.4. The van der Waals surface area contributed by atoms with Gasteiger partial charge in [0.1, 0.15) is 10.4 Å². The van der Waals surface area contributed by atoms with Crippen molar-refractivity contribution in [3.05, 3.63) is 90.9 Å². The summed E-state index contributed by atoms with van der Waals surface area (Å²) in [7, 11) is -3.92. The molecule has 5 N–H and O–H groups in total. The number of nitrogens with one attached hydrogen (secondary N) is 1. The predicted octanol–water partition coefficient (Wildman–Crippen LogP) is 3.30. The van der Waals surface area contributed by atoms with E-state index in [1.165, 1.54) is 18.5 Å². The Bertz CT molecular complexity index is 1600. The van der Waals surface area contributed by atoms with E-state index >= 15 is 0 Å². The van der Waals surface area contributed by atoms with Crippen LogP contribution in [0, 0.1) is 0 Å². The summed E-state index contributed by atoms with van der Waals surface area (Å²) in [5.74, 6) is 0.863. The van der Waals surface area contributed by atoms with Crippen LogP contribution < -0.4 is 16.2 Å². The molecule has 0 aliphatic heterocycles. The zero-order chi connectivity index (χ0) is 23.7. The number of primary sulfonamides is 1. The molecule has 0 saturated carbocycles. The Morgan fingerprint density at radius 1 is 0.941 bits per heavy atom. The first-order chi connectivity index (χ1) is 16.4. The Kier molecular flexibility index (Phi) is 5.44. The minimum absolute atomic E-state index is 0.113. The van der Waals surface area contributed by atoms with Crippen molar-refractivity contribution in [3.8, 4) is 22.5 Å². The van der Waals surface area contributed by atoms with E-state index in [4.69, 9.17) is 15.9 Å². The average Bonchev–Trinajstić information content (AvgIpc) is 3.28. The lowest BCUT2D eigenvalue weighted by Gasteiger charge is -2.13. The SMILES string of the molecule is Nc1ccccc1CNc1nc(-c2cncc(S(N)(=O)=O)c2)nn2ccc(-c3ccccc3)c12. The fourth-order valence-corrected chi connectivity index (χ4v) is 4.19. The van der Waals surface area contributed by atoms with Crippen molar-refractivity contribution in [2.75, 3.05) is 11.1 Å². The van der Waals surface area contributed by atoms with Gasteiger partial charge in [-0.1, -0.05) is 48.5 Å². The van der Waals surface area contributed by atoms with Gasteiger partial charge in [-0.25, -0.2) is 23.1 Å². The van der Waals surface area contributed by atoms with Crippen LogP contribution in [0.25, 0.3) is 28.0 Å². The number of rotatable bonds is 6. The molecule has 0 spiro atoms. The number of benzene rings is 2. The Balaban J connectivity index is 1.66. The van der Waals surface area contributed by atoms with E-state index in [1.54, 1.807) is 4.52 Å². The minimum Gasteiger partial charge on any atom is -0.398 e. The zero-order valence-corrected chi connectivity index (χ0v) is 18.8. The van der Waals surface area contributed by atoms with Crippen LogP contribution in [0.5, 0.6) is 0 Å². The molecule has 9 nitrogen and oxygen atoms in total. The molecule has 170 valence electrons. The first-order valence-corrected chi connectivity index (χ1v) is 11.9. The highest BCUT2D eigenvalue weighted by Crippen LogP contribution is 2.31. The number of para-hydroxylation sites is 1. The number of anilines is 2. The summed E-state index contributed by atoms with van der Waals surface area (Å²) in [6, 6.07) is 20.9. The summed E-state index contributed by atoms with van der Waals surface area (Å²) in [5.41, 5.74) is 10.9. The predicted molar refractivity (Wildman–Crippen MR) is 131 cm³/mol. The largest absolute Gasteiger partial charge is 0.398 e. The third-order valence-corrected chi connectivity index (χ3v) is 6.28. The molecule has 0 bridgehead atoms. The maximum absolute atomic E-state index is 11.8. The van der Waals surface area contributed by atoms with Crippen LogP contribution in [0.1, 0.15) is 5.56 Å². The minimum atomic E-state index is -3.92. The maximum atomic E-state index is 11.8. The number of hydrogen-bond donors (Lipinski definition) is 3. The standard InChI is InChI=1S/C24H21N7O2S/c25-21-9-5-4-8-17(21)14-28-24-22-20(16-6-2-1-3-7-16)10-11-31(22)30-23(29-24)18-12-19(15-27-13-18)34(26,32)33/h1-13,15H,14,25H2,(H2,26,32,33)(H,28,29,30). The Hall–Kier alpha value is -4.28. The number of nitrogens with zero attached hydrogens (tertiary/aromatic N) is 4. The van der Waals surface area contributed by atoms with E-state index in [2.05, 4.69) is 15.4 Å². The van der Waals surface area contributed by atoms with E-state index in [0.717, 1.165) is 22.2 Å². The normalized spacial score (nSPS) is 11.6. The number of nitrogen functional groups attached to an aromatic ring is 1. The summed E-state index contributed by atoms with van der Waals surface area (Å²) >= 11 is 0. The lowest BCUT2D eigenvalue weighted by molar-refractivity contribution is 0.597. The topological polar surface area (TPSA) is 141 Å². The molecule has 0 radical (unpaired) electrons. The molecule has 0 aliphatic carbocycles. The highest BCUT2D eigenvalue weighted by Gasteiger charge is 2.17. The van der Waals surface area contributed by atoms with Crippen molar-refractivity contribution in [2.24, 2.45) is 5.14 Å². The molecule has 3 aromatic heterocycles. The van der Waals surface area contributed by atoms with E-state index in [1.807, 2.05) is 66.9 Å². The summed E-state index contributed by atoms with van der Waals surface area (Å²) < 4.78 is 25.3.